The fourth-order valence-electron chi connectivity index (χ4n) is 3.62. The highest BCUT2D eigenvalue weighted by atomic mass is 35.5. The maximum Gasteiger partial charge on any atom is 0.256 e. The van der Waals surface area contributed by atoms with Gasteiger partial charge in [0.05, 0.1) is 25.2 Å². The predicted octanol–water partition coefficient (Wildman–Crippen LogP) is 2.20. The van der Waals surface area contributed by atoms with Crippen LogP contribution < -0.4 is 16.0 Å². The molecular formula is C21H21ClN4O4S. The monoisotopic (exact) mass is 460 g/mol. The number of halogens is 1. The Labute approximate surface area is 187 Å². The Bertz CT molecular complexity index is 1080. The summed E-state index contributed by atoms with van der Waals surface area (Å²) in [6, 6.07) is 6.66. The summed E-state index contributed by atoms with van der Waals surface area (Å²) in [5.74, 6) is -1.12. The van der Waals surface area contributed by atoms with Crippen molar-refractivity contribution >= 4 is 52.3 Å². The van der Waals surface area contributed by atoms with Crippen molar-refractivity contribution in [1.29, 1.82) is 0 Å². The number of fused-ring (bicyclic) bond motifs is 1. The average molecular weight is 461 g/mol. The van der Waals surface area contributed by atoms with Crippen LogP contribution in [-0.4, -0.2) is 41.1 Å². The standard InChI is InChI=1S/C21H21ClN4O4S/c1-11-2-3-12(6-15(11)22)23-9-19(28)24-8-13-7-14-17(31-13)10-26(21(14)30)16-4-5-18(27)25-20(16)29/h2-3,6-7,16,23H,4-5,8-10H2,1H3,(H,24,28)(H,25,27,29). The van der Waals surface area contributed by atoms with Crippen molar-refractivity contribution in [1.82, 2.24) is 15.5 Å². The molecule has 10 heteroatoms. The number of piperidine rings is 1. The van der Waals surface area contributed by atoms with Crippen molar-refractivity contribution in [2.75, 3.05) is 11.9 Å². The van der Waals surface area contributed by atoms with Gasteiger partial charge in [0, 0.05) is 26.9 Å². The second-order valence-corrected chi connectivity index (χ2v) is 9.17. The van der Waals surface area contributed by atoms with E-state index in [-0.39, 0.29) is 30.7 Å². The summed E-state index contributed by atoms with van der Waals surface area (Å²) in [5.41, 5.74) is 2.29. The number of benzene rings is 1. The Morgan fingerprint density at radius 2 is 2.10 bits per heavy atom. The lowest BCUT2D eigenvalue weighted by atomic mass is 10.0. The number of nitrogens with zero attached hydrogens (tertiary/aromatic N) is 1. The molecule has 31 heavy (non-hydrogen) atoms. The maximum atomic E-state index is 12.7. The zero-order chi connectivity index (χ0) is 22.1. The van der Waals surface area contributed by atoms with Crippen LogP contribution in [0.15, 0.2) is 24.3 Å². The van der Waals surface area contributed by atoms with E-state index in [2.05, 4.69) is 16.0 Å². The molecular weight excluding hydrogens is 440 g/mol. The third kappa shape index (κ3) is 4.57. The molecule has 8 nitrogen and oxygen atoms in total. The average Bonchev–Trinajstić information content (AvgIpc) is 3.26. The van der Waals surface area contributed by atoms with Gasteiger partial charge in [0.1, 0.15) is 6.04 Å². The number of hydrogen-bond donors (Lipinski definition) is 3. The van der Waals surface area contributed by atoms with Gasteiger partial charge in [-0.25, -0.2) is 0 Å². The van der Waals surface area contributed by atoms with Gasteiger partial charge in [0.25, 0.3) is 5.91 Å². The van der Waals surface area contributed by atoms with Gasteiger partial charge in [0.15, 0.2) is 0 Å². The minimum Gasteiger partial charge on any atom is -0.376 e. The Hall–Kier alpha value is -2.91. The number of thiophene rings is 1. The number of imide groups is 1. The van der Waals surface area contributed by atoms with Crippen molar-refractivity contribution in [3.8, 4) is 0 Å². The minimum atomic E-state index is -0.616. The van der Waals surface area contributed by atoms with Gasteiger partial charge >= 0.3 is 0 Å². The summed E-state index contributed by atoms with van der Waals surface area (Å²) in [7, 11) is 0. The van der Waals surface area contributed by atoms with E-state index in [9.17, 15) is 19.2 Å². The minimum absolute atomic E-state index is 0.104. The number of aryl methyl sites for hydroxylation is 1. The molecule has 0 bridgehead atoms. The Balaban J connectivity index is 1.29. The summed E-state index contributed by atoms with van der Waals surface area (Å²) in [5, 5.41) is 8.79. The Morgan fingerprint density at radius 3 is 2.81 bits per heavy atom. The van der Waals surface area contributed by atoms with E-state index >= 15 is 0 Å². The molecule has 1 atom stereocenters. The molecule has 162 valence electrons. The van der Waals surface area contributed by atoms with Crippen molar-refractivity contribution < 1.29 is 19.2 Å². The van der Waals surface area contributed by atoms with Crippen LogP contribution in [0.4, 0.5) is 5.69 Å². The molecule has 4 rings (SSSR count). The van der Waals surface area contributed by atoms with Crippen LogP contribution in [0.1, 0.15) is 38.5 Å². The quantitative estimate of drug-likeness (QED) is 0.573. The first-order valence-electron chi connectivity index (χ1n) is 9.85. The Kier molecular flexibility index (Phi) is 5.97. The van der Waals surface area contributed by atoms with Crippen LogP contribution in [0.2, 0.25) is 5.02 Å². The number of amides is 4. The highest BCUT2D eigenvalue weighted by Crippen LogP contribution is 2.33. The second kappa shape index (κ2) is 8.68. The van der Waals surface area contributed by atoms with Gasteiger partial charge in [-0.05, 0) is 37.1 Å². The SMILES string of the molecule is Cc1ccc(NCC(=O)NCc2cc3c(s2)CN(C2CCC(=O)NC2=O)C3=O)cc1Cl. The third-order valence-electron chi connectivity index (χ3n) is 5.34. The number of anilines is 1. The molecule has 4 amide bonds. The lowest BCUT2D eigenvalue weighted by molar-refractivity contribution is -0.137. The largest absolute Gasteiger partial charge is 0.376 e. The van der Waals surface area contributed by atoms with Crippen LogP contribution in [0, 0.1) is 6.92 Å². The molecule has 3 heterocycles. The Morgan fingerprint density at radius 1 is 1.29 bits per heavy atom. The van der Waals surface area contributed by atoms with E-state index in [1.165, 1.54) is 16.2 Å². The van der Waals surface area contributed by atoms with Gasteiger partial charge in [-0.3, -0.25) is 24.5 Å². The molecule has 3 N–H and O–H groups in total. The van der Waals surface area contributed by atoms with Crippen molar-refractivity contribution in [3.05, 3.63) is 50.2 Å². The van der Waals surface area contributed by atoms with Gasteiger partial charge in [0.2, 0.25) is 17.7 Å². The fraction of sp³-hybridized carbons (Fsp3) is 0.333. The van der Waals surface area contributed by atoms with Gasteiger partial charge in [-0.15, -0.1) is 11.3 Å². The van der Waals surface area contributed by atoms with Crippen LogP contribution in [0.5, 0.6) is 0 Å². The first-order chi connectivity index (χ1) is 14.8. The molecule has 1 aromatic heterocycles. The first kappa shape index (κ1) is 21.3. The molecule has 0 radical (unpaired) electrons. The summed E-state index contributed by atoms with van der Waals surface area (Å²) < 4.78 is 0. The number of nitrogens with one attached hydrogen (secondary N) is 3. The van der Waals surface area contributed by atoms with Crippen molar-refractivity contribution in [2.24, 2.45) is 0 Å². The molecule has 1 unspecified atom stereocenters. The summed E-state index contributed by atoms with van der Waals surface area (Å²) >= 11 is 7.53. The molecule has 2 aromatic rings. The normalized spacial score (nSPS) is 18.1. The number of carbonyl (C=O) groups is 4. The molecule has 2 aliphatic heterocycles. The van der Waals surface area contributed by atoms with Crippen LogP contribution in [0.3, 0.4) is 0 Å². The molecule has 0 aliphatic carbocycles. The lowest BCUT2D eigenvalue weighted by Gasteiger charge is -2.29. The smallest absolute Gasteiger partial charge is 0.256 e. The number of hydrogen-bond acceptors (Lipinski definition) is 6. The van der Waals surface area contributed by atoms with Crippen molar-refractivity contribution in [2.45, 2.75) is 38.9 Å². The second-order valence-electron chi connectivity index (χ2n) is 7.54. The summed E-state index contributed by atoms with van der Waals surface area (Å²) in [6.45, 7) is 2.67. The summed E-state index contributed by atoms with van der Waals surface area (Å²) in [4.78, 5) is 51.6. The zero-order valence-electron chi connectivity index (χ0n) is 16.8. The molecule has 1 aromatic carbocycles. The molecule has 1 fully saturated rings. The maximum absolute atomic E-state index is 12.7. The number of rotatable bonds is 6. The molecule has 0 spiro atoms. The van der Waals surface area contributed by atoms with Crippen LogP contribution in [0.25, 0.3) is 0 Å². The first-order valence-corrected chi connectivity index (χ1v) is 11.0. The third-order valence-corrected chi connectivity index (χ3v) is 6.86. The van der Waals surface area contributed by atoms with Crippen molar-refractivity contribution in [3.63, 3.8) is 0 Å². The van der Waals surface area contributed by atoms with E-state index in [1.807, 2.05) is 19.1 Å². The van der Waals surface area contributed by atoms with Gasteiger partial charge in [-0.2, -0.15) is 0 Å². The van der Waals surface area contributed by atoms with Gasteiger partial charge < -0.3 is 15.5 Å². The molecule has 2 aliphatic rings. The van der Waals surface area contributed by atoms with E-state index in [0.29, 0.717) is 30.1 Å². The summed E-state index contributed by atoms with van der Waals surface area (Å²) in [6.07, 6.45) is 0.571. The highest BCUT2D eigenvalue weighted by Gasteiger charge is 2.40. The van der Waals surface area contributed by atoms with E-state index in [1.54, 1.807) is 12.1 Å². The predicted molar refractivity (Wildman–Crippen MR) is 117 cm³/mol. The molecule has 1 saturated heterocycles. The van der Waals surface area contributed by atoms with E-state index < -0.39 is 11.9 Å². The molecule has 0 saturated carbocycles. The highest BCUT2D eigenvalue weighted by molar-refractivity contribution is 7.12. The van der Waals surface area contributed by atoms with Crippen LogP contribution in [-0.2, 0) is 27.5 Å². The van der Waals surface area contributed by atoms with E-state index in [0.717, 1.165) is 21.0 Å². The number of carbonyl (C=O) groups excluding carboxylic acids is 4. The fourth-order valence-corrected chi connectivity index (χ4v) is 4.89. The topological polar surface area (TPSA) is 108 Å². The lowest BCUT2D eigenvalue weighted by Crippen LogP contribution is -2.52. The van der Waals surface area contributed by atoms with E-state index in [4.69, 9.17) is 11.6 Å². The van der Waals surface area contributed by atoms with Crippen LogP contribution >= 0.6 is 22.9 Å². The zero-order valence-corrected chi connectivity index (χ0v) is 18.4. The van der Waals surface area contributed by atoms with Gasteiger partial charge in [-0.1, -0.05) is 17.7 Å².